The van der Waals surface area contributed by atoms with Gasteiger partial charge >= 0.3 is 0 Å². The van der Waals surface area contributed by atoms with Crippen LogP contribution in [0.5, 0.6) is 0 Å². The first kappa shape index (κ1) is 17.9. The molecule has 0 spiro atoms. The van der Waals surface area contributed by atoms with E-state index in [1.165, 1.54) is 5.56 Å². The van der Waals surface area contributed by atoms with Crippen molar-refractivity contribution in [2.75, 3.05) is 39.9 Å². The Balaban J connectivity index is 1.38. The third kappa shape index (κ3) is 4.60. The SMILES string of the molecule is CN1CN(Cc2ccccc2)CC2=C1CCN(CC#Cc1ccccc1)C2. The normalized spacial score (nSPS) is 18.0. The highest BCUT2D eigenvalue weighted by Crippen LogP contribution is 2.26. The van der Waals surface area contributed by atoms with Crippen molar-refractivity contribution >= 4 is 0 Å². The first-order valence-electron chi connectivity index (χ1n) is 9.72. The lowest BCUT2D eigenvalue weighted by molar-refractivity contribution is 0.137. The fraction of sp³-hybridized carbons (Fsp3) is 0.333. The highest BCUT2D eigenvalue weighted by Gasteiger charge is 2.27. The highest BCUT2D eigenvalue weighted by atomic mass is 15.3. The zero-order valence-corrected chi connectivity index (χ0v) is 16.1. The van der Waals surface area contributed by atoms with E-state index < -0.39 is 0 Å². The number of nitrogens with zero attached hydrogens (tertiary/aromatic N) is 3. The summed E-state index contributed by atoms with van der Waals surface area (Å²) in [4.78, 5) is 7.46. The molecule has 3 nitrogen and oxygen atoms in total. The Labute approximate surface area is 162 Å². The highest BCUT2D eigenvalue weighted by molar-refractivity contribution is 5.34. The zero-order valence-electron chi connectivity index (χ0n) is 16.1. The van der Waals surface area contributed by atoms with Gasteiger partial charge in [0.25, 0.3) is 0 Å². The Morgan fingerprint density at radius 1 is 0.889 bits per heavy atom. The van der Waals surface area contributed by atoms with Crippen LogP contribution < -0.4 is 0 Å². The van der Waals surface area contributed by atoms with Crippen molar-refractivity contribution in [1.82, 2.24) is 14.7 Å². The van der Waals surface area contributed by atoms with Crippen molar-refractivity contribution < 1.29 is 0 Å². The van der Waals surface area contributed by atoms with Gasteiger partial charge in [0.1, 0.15) is 0 Å². The van der Waals surface area contributed by atoms with Crippen LogP contribution in [0.2, 0.25) is 0 Å². The molecular weight excluding hydrogens is 330 g/mol. The Kier molecular flexibility index (Phi) is 5.58. The van der Waals surface area contributed by atoms with Crippen LogP contribution in [0.3, 0.4) is 0 Å². The lowest BCUT2D eigenvalue weighted by Crippen LogP contribution is -2.47. The molecule has 0 saturated carbocycles. The summed E-state index contributed by atoms with van der Waals surface area (Å²) in [5, 5.41) is 0. The molecular formula is C24H27N3. The van der Waals surface area contributed by atoms with E-state index in [1.807, 2.05) is 18.2 Å². The third-order valence-electron chi connectivity index (χ3n) is 5.33. The van der Waals surface area contributed by atoms with Gasteiger partial charge in [0.15, 0.2) is 0 Å². The predicted molar refractivity (Wildman–Crippen MR) is 111 cm³/mol. The quantitative estimate of drug-likeness (QED) is 0.780. The van der Waals surface area contributed by atoms with Crippen LogP contribution in [-0.2, 0) is 6.54 Å². The van der Waals surface area contributed by atoms with Gasteiger partial charge in [0, 0.05) is 50.9 Å². The maximum atomic E-state index is 3.36. The maximum absolute atomic E-state index is 3.36. The lowest BCUT2D eigenvalue weighted by atomic mass is 10.0. The molecule has 0 amide bonds. The fourth-order valence-electron chi connectivity index (χ4n) is 4.05. The summed E-state index contributed by atoms with van der Waals surface area (Å²) >= 11 is 0. The smallest absolute Gasteiger partial charge is 0.0706 e. The first-order valence-corrected chi connectivity index (χ1v) is 9.72. The Morgan fingerprint density at radius 3 is 2.37 bits per heavy atom. The number of benzene rings is 2. The van der Waals surface area contributed by atoms with Gasteiger partial charge in [-0.2, -0.15) is 0 Å². The molecule has 27 heavy (non-hydrogen) atoms. The number of hydrogen-bond acceptors (Lipinski definition) is 3. The molecule has 0 N–H and O–H groups in total. The average molecular weight is 358 g/mol. The summed E-state index contributed by atoms with van der Waals surface area (Å²) in [6.07, 6.45) is 1.14. The molecule has 0 fully saturated rings. The third-order valence-corrected chi connectivity index (χ3v) is 5.33. The minimum absolute atomic E-state index is 0.841. The molecule has 2 aliphatic rings. The van der Waals surface area contributed by atoms with Crippen LogP contribution in [0, 0.1) is 11.8 Å². The van der Waals surface area contributed by atoms with E-state index >= 15 is 0 Å². The molecule has 4 rings (SSSR count). The summed E-state index contributed by atoms with van der Waals surface area (Å²) in [5.74, 6) is 6.64. The van der Waals surface area contributed by atoms with Crippen molar-refractivity contribution in [2.24, 2.45) is 0 Å². The molecule has 0 atom stereocenters. The molecule has 0 saturated heterocycles. The molecule has 2 aliphatic heterocycles. The van der Waals surface area contributed by atoms with Gasteiger partial charge in [0.2, 0.25) is 0 Å². The molecule has 2 heterocycles. The maximum Gasteiger partial charge on any atom is 0.0706 e. The van der Waals surface area contributed by atoms with Crippen molar-refractivity contribution in [3.05, 3.63) is 83.1 Å². The van der Waals surface area contributed by atoms with E-state index in [2.05, 4.69) is 76.1 Å². The monoisotopic (exact) mass is 357 g/mol. The molecule has 0 aromatic heterocycles. The number of rotatable bonds is 3. The van der Waals surface area contributed by atoms with E-state index in [0.717, 1.165) is 51.4 Å². The molecule has 0 radical (unpaired) electrons. The Bertz CT molecular complexity index is 845. The summed E-state index contributed by atoms with van der Waals surface area (Å²) in [6.45, 7) is 6.07. The van der Waals surface area contributed by atoms with Crippen LogP contribution >= 0.6 is 0 Å². The van der Waals surface area contributed by atoms with Crippen LogP contribution in [0.4, 0.5) is 0 Å². The fourth-order valence-corrected chi connectivity index (χ4v) is 4.05. The molecule has 2 aromatic carbocycles. The van der Waals surface area contributed by atoms with E-state index in [0.29, 0.717) is 0 Å². The van der Waals surface area contributed by atoms with Crippen LogP contribution in [0.1, 0.15) is 17.5 Å². The first-order chi connectivity index (χ1) is 13.3. The predicted octanol–water partition coefficient (Wildman–Crippen LogP) is 3.40. The second kappa shape index (κ2) is 8.43. The van der Waals surface area contributed by atoms with Crippen molar-refractivity contribution in [3.8, 4) is 11.8 Å². The molecule has 0 aliphatic carbocycles. The van der Waals surface area contributed by atoms with Crippen LogP contribution in [0.15, 0.2) is 71.9 Å². The van der Waals surface area contributed by atoms with E-state index in [9.17, 15) is 0 Å². The topological polar surface area (TPSA) is 9.72 Å². The molecule has 138 valence electrons. The van der Waals surface area contributed by atoms with Crippen LogP contribution in [-0.4, -0.2) is 54.6 Å². The molecule has 2 aromatic rings. The Morgan fingerprint density at radius 2 is 1.59 bits per heavy atom. The van der Waals surface area contributed by atoms with Gasteiger partial charge in [-0.1, -0.05) is 60.4 Å². The molecule has 0 unspecified atom stereocenters. The number of hydrogen-bond donors (Lipinski definition) is 0. The summed E-state index contributed by atoms with van der Waals surface area (Å²) in [5.41, 5.74) is 5.59. The second-order valence-corrected chi connectivity index (χ2v) is 7.49. The second-order valence-electron chi connectivity index (χ2n) is 7.49. The summed E-state index contributed by atoms with van der Waals surface area (Å²) < 4.78 is 0. The van der Waals surface area contributed by atoms with Gasteiger partial charge < -0.3 is 4.90 Å². The zero-order chi connectivity index (χ0) is 18.5. The molecule has 0 bridgehead atoms. The van der Waals surface area contributed by atoms with Gasteiger partial charge in [-0.25, -0.2) is 0 Å². The lowest BCUT2D eigenvalue weighted by Gasteiger charge is -2.42. The van der Waals surface area contributed by atoms with E-state index in [-0.39, 0.29) is 0 Å². The van der Waals surface area contributed by atoms with Gasteiger partial charge in [-0.05, 0) is 23.3 Å². The summed E-state index contributed by atoms with van der Waals surface area (Å²) in [6, 6.07) is 21.0. The van der Waals surface area contributed by atoms with E-state index in [1.54, 1.807) is 11.3 Å². The van der Waals surface area contributed by atoms with Crippen molar-refractivity contribution in [2.45, 2.75) is 13.0 Å². The standard InChI is InChI=1S/C24H27N3/c1-25-20-27(17-22-11-6-3-7-12-22)19-23-18-26(16-14-24(23)25)15-8-13-21-9-4-2-5-10-21/h2-7,9-12H,14-20H2,1H3. The van der Waals surface area contributed by atoms with Gasteiger partial charge in [-0.3, -0.25) is 9.80 Å². The minimum Gasteiger partial charge on any atom is -0.365 e. The van der Waals surface area contributed by atoms with Gasteiger partial charge in [0.05, 0.1) is 13.2 Å². The average Bonchev–Trinajstić information content (AvgIpc) is 2.69. The van der Waals surface area contributed by atoms with Crippen molar-refractivity contribution in [1.29, 1.82) is 0 Å². The molecule has 3 heteroatoms. The van der Waals surface area contributed by atoms with Crippen LogP contribution in [0.25, 0.3) is 0 Å². The largest absolute Gasteiger partial charge is 0.365 e. The Hall–Kier alpha value is -2.54. The summed E-state index contributed by atoms with van der Waals surface area (Å²) in [7, 11) is 2.23. The minimum atomic E-state index is 0.841. The van der Waals surface area contributed by atoms with E-state index in [4.69, 9.17) is 0 Å². The van der Waals surface area contributed by atoms with Crippen molar-refractivity contribution in [3.63, 3.8) is 0 Å². The van der Waals surface area contributed by atoms with Gasteiger partial charge in [-0.15, -0.1) is 0 Å².